The fourth-order valence-corrected chi connectivity index (χ4v) is 3.85. The number of ether oxygens (including phenoxy) is 3. The Morgan fingerprint density at radius 3 is 2.25 bits per heavy atom. The molecule has 1 aromatic carbocycles. The molecule has 13 heteroatoms. The van der Waals surface area contributed by atoms with Crippen molar-refractivity contribution in [2.75, 3.05) is 58.9 Å². The highest BCUT2D eigenvalue weighted by atomic mass is 19.1. The van der Waals surface area contributed by atoms with E-state index in [1.165, 1.54) is 26.6 Å². The Hall–Kier alpha value is -3.55. The molecule has 11 nitrogen and oxygen atoms in total. The first-order valence-electron chi connectivity index (χ1n) is 11.4. The van der Waals surface area contributed by atoms with Crippen LogP contribution < -0.4 is 19.5 Å². The molecule has 2 aromatic heterocycles. The molecule has 0 saturated carbocycles. The van der Waals surface area contributed by atoms with Gasteiger partial charge in [-0.1, -0.05) is 0 Å². The minimum atomic E-state index is -0.864. The summed E-state index contributed by atoms with van der Waals surface area (Å²) in [6.07, 6.45) is 2.78. The summed E-state index contributed by atoms with van der Waals surface area (Å²) in [5, 5.41) is 19.3. The van der Waals surface area contributed by atoms with Gasteiger partial charge in [0, 0.05) is 51.4 Å². The number of hydrogen-bond donors (Lipinski definition) is 3. The van der Waals surface area contributed by atoms with Crippen molar-refractivity contribution in [1.29, 1.82) is 0 Å². The molecule has 0 amide bonds. The van der Waals surface area contributed by atoms with Gasteiger partial charge in [0.05, 0.1) is 44.5 Å². The van der Waals surface area contributed by atoms with Gasteiger partial charge in [-0.25, -0.2) is 18.7 Å². The number of anilines is 2. The molecule has 194 valence electrons. The number of nitrogens with zero attached hydrogens (tertiary/aromatic N) is 5. The molecule has 0 radical (unpaired) electrons. The number of H-pyrrole nitrogens is 1. The van der Waals surface area contributed by atoms with Crippen LogP contribution in [-0.4, -0.2) is 88.6 Å². The number of halogens is 2. The molecule has 3 N–H and O–H groups in total. The maximum absolute atomic E-state index is 14.5. The summed E-state index contributed by atoms with van der Waals surface area (Å²) in [5.41, 5.74) is 0.623. The molecule has 0 atom stereocenters. The molecule has 1 fully saturated rings. The largest absolute Gasteiger partial charge is 0.494 e. The monoisotopic (exact) mass is 505 g/mol. The van der Waals surface area contributed by atoms with Crippen LogP contribution in [0.2, 0.25) is 0 Å². The molecule has 36 heavy (non-hydrogen) atoms. The van der Waals surface area contributed by atoms with Crippen LogP contribution in [0.5, 0.6) is 17.2 Å². The first kappa shape index (κ1) is 25.5. The van der Waals surface area contributed by atoms with Crippen molar-refractivity contribution < 1.29 is 28.1 Å². The molecular weight excluding hydrogens is 476 g/mol. The summed E-state index contributed by atoms with van der Waals surface area (Å²) in [7, 11) is 2.56. The maximum Gasteiger partial charge on any atom is 0.228 e. The predicted molar refractivity (Wildman–Crippen MR) is 126 cm³/mol. The maximum atomic E-state index is 14.5. The Bertz CT molecular complexity index is 1110. The number of methoxy groups -OCH3 is 2. The smallest absolute Gasteiger partial charge is 0.228 e. The molecule has 1 aliphatic rings. The minimum Gasteiger partial charge on any atom is -0.494 e. The van der Waals surface area contributed by atoms with Crippen molar-refractivity contribution in [3.8, 4) is 17.2 Å². The van der Waals surface area contributed by atoms with E-state index in [1.807, 2.05) is 6.07 Å². The number of aromatic nitrogens is 4. The molecule has 3 heterocycles. The topological polar surface area (TPSA) is 121 Å². The number of aliphatic hydroxyl groups excluding tert-OH is 1. The van der Waals surface area contributed by atoms with Crippen LogP contribution in [0.4, 0.5) is 20.5 Å². The number of aromatic amines is 1. The number of benzene rings is 1. The lowest BCUT2D eigenvalue weighted by Crippen LogP contribution is -2.46. The van der Waals surface area contributed by atoms with E-state index in [0.29, 0.717) is 18.3 Å². The minimum absolute atomic E-state index is 0.148. The first-order valence-corrected chi connectivity index (χ1v) is 11.4. The standard InChI is InChI=1S/C23H29F2N7O4/c1-34-18-10-19(35-2)22(25)17(21(18)24)14-36-16-11-26-23(27-12-16)28-20-9-15(29-30-20)13-32-5-3-31(4-6-32)7-8-33/h9-12,33H,3-8,13-14H2,1-2H3,(H2,26,27,28,29,30). The van der Waals surface area contributed by atoms with Gasteiger partial charge in [0.1, 0.15) is 6.61 Å². The molecule has 1 saturated heterocycles. The van der Waals surface area contributed by atoms with Crippen LogP contribution in [0.15, 0.2) is 24.5 Å². The molecule has 0 bridgehead atoms. The zero-order valence-corrected chi connectivity index (χ0v) is 20.1. The lowest BCUT2D eigenvalue weighted by Gasteiger charge is -2.33. The van der Waals surface area contributed by atoms with E-state index in [-0.39, 0.29) is 29.4 Å². The third kappa shape index (κ3) is 6.17. The number of piperazine rings is 1. The second-order valence-corrected chi connectivity index (χ2v) is 8.16. The molecular formula is C23H29F2N7O4. The summed E-state index contributed by atoms with van der Waals surface area (Å²) in [4.78, 5) is 12.9. The van der Waals surface area contributed by atoms with Crippen molar-refractivity contribution in [3.05, 3.63) is 47.4 Å². The SMILES string of the molecule is COc1cc(OC)c(F)c(COc2cnc(Nc3cc(CN4CCN(CCO)CC4)[nH]n3)nc2)c1F. The molecule has 1 aliphatic heterocycles. The van der Waals surface area contributed by atoms with E-state index in [0.717, 1.165) is 44.5 Å². The Kier molecular flexibility index (Phi) is 8.46. The van der Waals surface area contributed by atoms with Gasteiger partial charge in [0.15, 0.2) is 34.7 Å². The molecule has 4 rings (SSSR count). The van der Waals surface area contributed by atoms with Crippen molar-refractivity contribution >= 4 is 11.8 Å². The zero-order valence-electron chi connectivity index (χ0n) is 20.1. The summed E-state index contributed by atoms with van der Waals surface area (Å²) in [6.45, 7) is 4.90. The Morgan fingerprint density at radius 1 is 1.00 bits per heavy atom. The van der Waals surface area contributed by atoms with Gasteiger partial charge in [0.25, 0.3) is 0 Å². The fourth-order valence-electron chi connectivity index (χ4n) is 3.85. The molecule has 3 aromatic rings. The second kappa shape index (κ2) is 11.9. The predicted octanol–water partition coefficient (Wildman–Crippen LogP) is 1.93. The Balaban J connectivity index is 1.31. The van der Waals surface area contributed by atoms with Gasteiger partial charge in [-0.15, -0.1) is 0 Å². The van der Waals surface area contributed by atoms with E-state index >= 15 is 0 Å². The fraction of sp³-hybridized carbons (Fsp3) is 0.435. The number of hydrogen-bond acceptors (Lipinski definition) is 10. The van der Waals surface area contributed by atoms with Gasteiger partial charge in [-0.2, -0.15) is 5.10 Å². The summed E-state index contributed by atoms with van der Waals surface area (Å²) >= 11 is 0. The number of β-amino-alcohol motifs (C(OH)–C–C–N with tert-alkyl or cyclic N) is 1. The quantitative estimate of drug-likeness (QED) is 0.356. The average molecular weight is 506 g/mol. The number of nitrogens with one attached hydrogen (secondary N) is 2. The van der Waals surface area contributed by atoms with Gasteiger partial charge in [-0.3, -0.25) is 14.9 Å². The van der Waals surface area contributed by atoms with Crippen LogP contribution in [-0.2, 0) is 13.2 Å². The average Bonchev–Trinajstić information content (AvgIpc) is 3.33. The molecule has 0 unspecified atom stereocenters. The van der Waals surface area contributed by atoms with Crippen LogP contribution >= 0.6 is 0 Å². The van der Waals surface area contributed by atoms with Crippen molar-refractivity contribution in [3.63, 3.8) is 0 Å². The lowest BCUT2D eigenvalue weighted by molar-refractivity contribution is 0.107. The van der Waals surface area contributed by atoms with Crippen LogP contribution in [0, 0.1) is 11.6 Å². The highest BCUT2D eigenvalue weighted by Gasteiger charge is 2.21. The third-order valence-corrected chi connectivity index (χ3v) is 5.82. The number of aliphatic hydroxyl groups is 1. The normalized spacial score (nSPS) is 14.6. The first-order chi connectivity index (χ1) is 17.5. The van der Waals surface area contributed by atoms with Crippen LogP contribution in [0.25, 0.3) is 0 Å². The summed E-state index contributed by atoms with van der Waals surface area (Å²) in [6, 6.07) is 3.02. The third-order valence-electron chi connectivity index (χ3n) is 5.82. The second-order valence-electron chi connectivity index (χ2n) is 8.16. The highest BCUT2D eigenvalue weighted by molar-refractivity contribution is 5.48. The van der Waals surface area contributed by atoms with Gasteiger partial charge >= 0.3 is 0 Å². The van der Waals surface area contributed by atoms with E-state index in [2.05, 4.69) is 35.3 Å². The lowest BCUT2D eigenvalue weighted by atomic mass is 10.1. The molecule has 0 spiro atoms. The van der Waals surface area contributed by atoms with E-state index in [9.17, 15) is 8.78 Å². The van der Waals surface area contributed by atoms with E-state index in [4.69, 9.17) is 19.3 Å². The van der Waals surface area contributed by atoms with E-state index < -0.39 is 18.2 Å². The van der Waals surface area contributed by atoms with Crippen LogP contribution in [0.1, 0.15) is 11.3 Å². The van der Waals surface area contributed by atoms with Crippen LogP contribution in [0.3, 0.4) is 0 Å². The number of rotatable bonds is 11. The zero-order chi connectivity index (χ0) is 25.5. The highest BCUT2D eigenvalue weighted by Crippen LogP contribution is 2.32. The summed E-state index contributed by atoms with van der Waals surface area (Å²) < 4.78 is 44.3. The van der Waals surface area contributed by atoms with Crippen molar-refractivity contribution in [1.82, 2.24) is 30.0 Å². The van der Waals surface area contributed by atoms with E-state index in [1.54, 1.807) is 0 Å². The van der Waals surface area contributed by atoms with Gasteiger partial charge < -0.3 is 24.6 Å². The van der Waals surface area contributed by atoms with Crippen molar-refractivity contribution in [2.45, 2.75) is 13.2 Å². The van der Waals surface area contributed by atoms with Gasteiger partial charge in [-0.05, 0) is 0 Å². The van der Waals surface area contributed by atoms with Gasteiger partial charge in [0.2, 0.25) is 5.95 Å². The van der Waals surface area contributed by atoms with Crippen molar-refractivity contribution in [2.24, 2.45) is 0 Å². The summed E-state index contributed by atoms with van der Waals surface area (Å²) in [5.74, 6) is -0.949. The Labute approximate surface area is 207 Å². The molecule has 0 aliphatic carbocycles. The Morgan fingerprint density at radius 2 is 1.64 bits per heavy atom.